The molecule has 0 saturated heterocycles. The molecule has 3 rings (SSSR count). The third-order valence-corrected chi connectivity index (χ3v) is 6.42. The Morgan fingerprint density at radius 1 is 1.20 bits per heavy atom. The van der Waals surface area contributed by atoms with Crippen molar-refractivity contribution in [3.8, 4) is 6.07 Å². The Morgan fingerprint density at radius 2 is 1.87 bits per heavy atom. The van der Waals surface area contributed by atoms with Gasteiger partial charge in [0.1, 0.15) is 0 Å². The molecule has 1 aliphatic heterocycles. The molecule has 2 aromatic rings. The molecular weight excluding hydrogens is 413 g/mol. The first-order chi connectivity index (χ1) is 14.0. The van der Waals surface area contributed by atoms with Gasteiger partial charge in [0, 0.05) is 30.8 Å². The summed E-state index contributed by atoms with van der Waals surface area (Å²) in [6.07, 6.45) is -2.96. The Morgan fingerprint density at radius 3 is 2.43 bits per heavy atom. The summed E-state index contributed by atoms with van der Waals surface area (Å²) in [7, 11) is -3.22. The van der Waals surface area contributed by atoms with Gasteiger partial charge in [-0.25, -0.2) is 8.42 Å². The topological polar surface area (TPSA) is 70.0 Å². The van der Waals surface area contributed by atoms with E-state index in [2.05, 4.69) is 11.4 Å². The second kappa shape index (κ2) is 8.31. The van der Waals surface area contributed by atoms with Gasteiger partial charge in [-0.2, -0.15) is 18.4 Å². The number of alkyl halides is 3. The minimum atomic E-state index is -4.41. The average Bonchev–Trinajstić information content (AvgIpc) is 3.06. The van der Waals surface area contributed by atoms with E-state index in [1.807, 2.05) is 13.0 Å². The second-order valence-corrected chi connectivity index (χ2v) is 10.1. The number of nitrogens with one attached hydrogen (secondary N) is 1. The fourth-order valence-corrected chi connectivity index (χ4v) is 5.12. The first kappa shape index (κ1) is 22.2. The van der Waals surface area contributed by atoms with Gasteiger partial charge in [0.2, 0.25) is 0 Å². The summed E-state index contributed by atoms with van der Waals surface area (Å²) >= 11 is 0. The molecule has 0 radical (unpaired) electrons. The number of sulfone groups is 1. The van der Waals surface area contributed by atoms with Crippen LogP contribution in [0.2, 0.25) is 0 Å². The van der Waals surface area contributed by atoms with Gasteiger partial charge in [0.25, 0.3) is 0 Å². The number of fused-ring (bicyclic) bond motifs is 1. The average molecular weight is 436 g/mol. The van der Waals surface area contributed by atoms with Crippen LogP contribution in [0, 0.1) is 17.2 Å². The molecule has 0 fully saturated rings. The molecule has 0 aromatic heterocycles. The van der Waals surface area contributed by atoms with Crippen LogP contribution in [0.5, 0.6) is 0 Å². The lowest BCUT2D eigenvalue weighted by atomic mass is 9.74. The third-order valence-electron chi connectivity index (χ3n) is 5.58. The fourth-order valence-electron chi connectivity index (χ4n) is 4.31. The Hall–Kier alpha value is -2.53. The monoisotopic (exact) mass is 436 g/mol. The van der Waals surface area contributed by atoms with E-state index in [1.54, 1.807) is 12.1 Å². The number of halogens is 3. The zero-order valence-electron chi connectivity index (χ0n) is 16.7. The van der Waals surface area contributed by atoms with Crippen molar-refractivity contribution in [2.24, 2.45) is 5.92 Å². The molecule has 2 aromatic carbocycles. The first-order valence-electron chi connectivity index (χ1n) is 9.58. The summed E-state index contributed by atoms with van der Waals surface area (Å²) in [5.41, 5.74) is 2.41. The molecule has 3 atom stereocenters. The van der Waals surface area contributed by atoms with Gasteiger partial charge in [-0.15, -0.1) is 0 Å². The maximum Gasteiger partial charge on any atom is 0.416 e. The van der Waals surface area contributed by atoms with E-state index in [-0.39, 0.29) is 29.9 Å². The lowest BCUT2D eigenvalue weighted by Gasteiger charge is -2.29. The van der Waals surface area contributed by atoms with Crippen molar-refractivity contribution in [3.05, 3.63) is 64.7 Å². The molecule has 30 heavy (non-hydrogen) atoms. The molecule has 0 spiro atoms. The molecule has 160 valence electrons. The minimum absolute atomic E-state index is 0.0837. The molecule has 1 N–H and O–H groups in total. The van der Waals surface area contributed by atoms with E-state index in [4.69, 9.17) is 0 Å². The highest BCUT2D eigenvalue weighted by atomic mass is 32.2. The summed E-state index contributed by atoms with van der Waals surface area (Å²) in [6, 6.07) is 12.8. The van der Waals surface area contributed by atoms with Crippen LogP contribution in [-0.2, 0) is 21.8 Å². The number of para-hydroxylation sites is 1. The maximum absolute atomic E-state index is 13.0. The van der Waals surface area contributed by atoms with Crippen LogP contribution in [0.1, 0.15) is 47.4 Å². The van der Waals surface area contributed by atoms with Crippen LogP contribution < -0.4 is 5.32 Å². The van der Waals surface area contributed by atoms with Crippen molar-refractivity contribution in [3.63, 3.8) is 0 Å². The van der Waals surface area contributed by atoms with Gasteiger partial charge in [-0.05, 0) is 40.7 Å². The van der Waals surface area contributed by atoms with E-state index >= 15 is 0 Å². The van der Waals surface area contributed by atoms with E-state index in [9.17, 15) is 26.9 Å². The van der Waals surface area contributed by atoms with Gasteiger partial charge in [-0.3, -0.25) is 0 Å². The lowest BCUT2D eigenvalue weighted by Crippen LogP contribution is -2.20. The summed E-state index contributed by atoms with van der Waals surface area (Å²) in [5.74, 6) is -0.453. The van der Waals surface area contributed by atoms with Crippen molar-refractivity contribution in [1.29, 1.82) is 5.26 Å². The molecule has 0 aliphatic carbocycles. The number of hydrogen-bond donors (Lipinski definition) is 1. The normalized spacial score (nSPS) is 18.2. The highest BCUT2D eigenvalue weighted by molar-refractivity contribution is 7.89. The molecule has 3 unspecified atom stereocenters. The smallest absolute Gasteiger partial charge is 0.384 e. The van der Waals surface area contributed by atoms with Crippen LogP contribution in [-0.4, -0.2) is 21.2 Å². The number of anilines is 1. The highest BCUT2D eigenvalue weighted by Gasteiger charge is 2.36. The molecule has 8 heteroatoms. The van der Waals surface area contributed by atoms with Crippen LogP contribution in [0.3, 0.4) is 0 Å². The van der Waals surface area contributed by atoms with Crippen molar-refractivity contribution in [2.75, 3.05) is 18.1 Å². The van der Waals surface area contributed by atoms with Crippen LogP contribution >= 0.6 is 0 Å². The molecule has 4 nitrogen and oxygen atoms in total. The Labute approximate surface area is 174 Å². The van der Waals surface area contributed by atoms with Crippen molar-refractivity contribution in [1.82, 2.24) is 0 Å². The zero-order chi connectivity index (χ0) is 22.1. The van der Waals surface area contributed by atoms with Crippen molar-refractivity contribution in [2.45, 2.75) is 37.1 Å². The number of nitriles is 1. The van der Waals surface area contributed by atoms with Crippen LogP contribution in [0.15, 0.2) is 42.5 Å². The molecule has 1 heterocycles. The van der Waals surface area contributed by atoms with Gasteiger partial charge in [0.05, 0.1) is 17.4 Å². The summed E-state index contributed by atoms with van der Waals surface area (Å²) in [6.45, 7) is 2.45. The summed E-state index contributed by atoms with van der Waals surface area (Å²) in [5, 5.41) is 12.5. The standard InChI is InChI=1S/C22H23F3N2O2S/c1-14(10-11-26)20(15-6-8-17(9-7-15)22(23,24)25)19-12-27-21-16(13-30(2,28)29)4-3-5-18(19)21/h3-9,14,19-20,27H,10,12-13H2,1-2H3. The number of hydrogen-bond acceptors (Lipinski definition) is 4. The van der Waals surface area contributed by atoms with E-state index < -0.39 is 21.6 Å². The molecular formula is C22H23F3N2O2S. The van der Waals surface area contributed by atoms with Crippen LogP contribution in [0.4, 0.5) is 18.9 Å². The van der Waals surface area contributed by atoms with Crippen LogP contribution in [0.25, 0.3) is 0 Å². The SMILES string of the molecule is CC(CC#N)C(c1ccc(C(F)(F)F)cc1)C1CNc2c(CS(C)(=O)=O)cccc21. The van der Waals surface area contributed by atoms with Gasteiger partial charge < -0.3 is 5.32 Å². The number of nitrogens with zero attached hydrogens (tertiary/aromatic N) is 1. The fraction of sp³-hybridized carbons (Fsp3) is 0.409. The molecule has 0 amide bonds. The Kier molecular flexibility index (Phi) is 6.14. The third kappa shape index (κ3) is 4.78. The lowest BCUT2D eigenvalue weighted by molar-refractivity contribution is -0.137. The second-order valence-electron chi connectivity index (χ2n) is 7.92. The molecule has 0 bridgehead atoms. The van der Waals surface area contributed by atoms with Gasteiger partial charge >= 0.3 is 6.18 Å². The summed E-state index contributed by atoms with van der Waals surface area (Å²) in [4.78, 5) is 0. The van der Waals surface area contributed by atoms with E-state index in [0.29, 0.717) is 12.1 Å². The Bertz CT molecular complexity index is 1060. The maximum atomic E-state index is 13.0. The number of benzene rings is 2. The first-order valence-corrected chi connectivity index (χ1v) is 11.6. The van der Waals surface area contributed by atoms with Gasteiger partial charge in [0.15, 0.2) is 9.84 Å². The van der Waals surface area contributed by atoms with Crippen molar-refractivity contribution < 1.29 is 21.6 Å². The largest absolute Gasteiger partial charge is 0.416 e. The predicted octanol–water partition coefficient (Wildman–Crippen LogP) is 5.09. The van der Waals surface area contributed by atoms with E-state index in [0.717, 1.165) is 28.9 Å². The Balaban J connectivity index is 2.02. The highest BCUT2D eigenvalue weighted by Crippen LogP contribution is 2.47. The minimum Gasteiger partial charge on any atom is -0.384 e. The predicted molar refractivity (Wildman–Crippen MR) is 110 cm³/mol. The quantitative estimate of drug-likeness (QED) is 0.685. The van der Waals surface area contributed by atoms with Gasteiger partial charge in [-0.1, -0.05) is 37.3 Å². The zero-order valence-corrected chi connectivity index (χ0v) is 17.5. The summed E-state index contributed by atoms with van der Waals surface area (Å²) < 4.78 is 62.5. The molecule has 0 saturated carbocycles. The van der Waals surface area contributed by atoms with E-state index in [1.165, 1.54) is 18.4 Å². The molecule has 1 aliphatic rings. The number of rotatable bonds is 6. The van der Waals surface area contributed by atoms with Crippen molar-refractivity contribution >= 4 is 15.5 Å².